The lowest BCUT2D eigenvalue weighted by Gasteiger charge is -2.23. The van der Waals surface area contributed by atoms with Gasteiger partial charge in [0.1, 0.15) is 0 Å². The fourth-order valence-electron chi connectivity index (χ4n) is 1.86. The van der Waals surface area contributed by atoms with Crippen molar-refractivity contribution in [3.05, 3.63) is 47.0 Å². The Morgan fingerprint density at radius 1 is 1.38 bits per heavy atom. The molecular weight excluding hydrogens is 199 g/mol. The minimum absolute atomic E-state index is 0.477. The second-order valence-corrected chi connectivity index (χ2v) is 5.01. The van der Waals surface area contributed by atoms with E-state index in [4.69, 9.17) is 0 Å². The number of allylic oxidation sites excluding steroid dienone is 1. The van der Waals surface area contributed by atoms with Gasteiger partial charge in [-0.05, 0) is 49.0 Å². The number of hydrogen-bond acceptors (Lipinski definition) is 0. The molecule has 0 spiro atoms. The zero-order chi connectivity index (χ0) is 12.5. The molecule has 1 aromatic carbocycles. The summed E-state index contributed by atoms with van der Waals surface area (Å²) < 4.78 is 14.4. The van der Waals surface area contributed by atoms with Crippen LogP contribution in [0, 0.1) is 6.92 Å². The fourth-order valence-corrected chi connectivity index (χ4v) is 1.86. The maximum Gasteiger partial charge on any atom is 0.153 e. The van der Waals surface area contributed by atoms with Crippen LogP contribution < -0.4 is 0 Å². The van der Waals surface area contributed by atoms with Gasteiger partial charge in [-0.3, -0.25) is 0 Å². The van der Waals surface area contributed by atoms with E-state index in [0.29, 0.717) is 17.1 Å². The largest absolute Gasteiger partial charge is 0.234 e. The molecule has 88 valence electrons. The average molecular weight is 220 g/mol. The summed E-state index contributed by atoms with van der Waals surface area (Å²) in [6.45, 7) is 13.3. The first-order valence-corrected chi connectivity index (χ1v) is 5.72. The fraction of sp³-hybridized carbons (Fsp3) is 0.467. The van der Waals surface area contributed by atoms with Gasteiger partial charge in [0.2, 0.25) is 0 Å². The molecule has 0 aromatic heterocycles. The minimum atomic E-state index is -1.43. The predicted octanol–water partition coefficient (Wildman–Crippen LogP) is 4.88. The van der Waals surface area contributed by atoms with Crippen molar-refractivity contribution < 1.29 is 4.39 Å². The number of benzene rings is 1. The van der Waals surface area contributed by atoms with Crippen molar-refractivity contribution in [2.24, 2.45) is 0 Å². The van der Waals surface area contributed by atoms with Gasteiger partial charge in [0.05, 0.1) is 0 Å². The Labute approximate surface area is 98.2 Å². The van der Waals surface area contributed by atoms with Crippen molar-refractivity contribution in [3.8, 4) is 0 Å². The lowest BCUT2D eigenvalue weighted by molar-refractivity contribution is 0.245. The monoisotopic (exact) mass is 220 g/mol. The SMILES string of the molecule is C=C(C)C(C)(F)c1ccc(C(C)C)c(C)c1. The molecule has 0 heterocycles. The van der Waals surface area contributed by atoms with Crippen molar-refractivity contribution in [1.82, 2.24) is 0 Å². The summed E-state index contributed by atoms with van der Waals surface area (Å²) in [7, 11) is 0. The quantitative estimate of drug-likeness (QED) is 0.637. The van der Waals surface area contributed by atoms with Crippen LogP contribution in [0.3, 0.4) is 0 Å². The van der Waals surface area contributed by atoms with Crippen molar-refractivity contribution in [3.63, 3.8) is 0 Å². The molecule has 0 aliphatic rings. The number of rotatable bonds is 3. The summed E-state index contributed by atoms with van der Waals surface area (Å²) >= 11 is 0. The molecule has 0 aliphatic carbocycles. The first-order valence-electron chi connectivity index (χ1n) is 5.72. The number of aryl methyl sites for hydroxylation is 1. The number of halogens is 1. The van der Waals surface area contributed by atoms with Crippen molar-refractivity contribution >= 4 is 0 Å². The van der Waals surface area contributed by atoms with Gasteiger partial charge in [0.25, 0.3) is 0 Å². The van der Waals surface area contributed by atoms with E-state index < -0.39 is 5.67 Å². The number of hydrogen-bond donors (Lipinski definition) is 0. The second-order valence-electron chi connectivity index (χ2n) is 5.01. The van der Waals surface area contributed by atoms with Crippen LogP contribution in [0.15, 0.2) is 30.4 Å². The summed E-state index contributed by atoms with van der Waals surface area (Å²) in [5.41, 5.74) is 2.24. The molecule has 1 heteroatoms. The van der Waals surface area contributed by atoms with Crippen molar-refractivity contribution in [2.75, 3.05) is 0 Å². The molecule has 1 atom stereocenters. The smallest absolute Gasteiger partial charge is 0.153 e. The molecule has 0 nitrogen and oxygen atoms in total. The summed E-state index contributed by atoms with van der Waals surface area (Å²) in [4.78, 5) is 0. The Hall–Kier alpha value is -1.11. The summed E-state index contributed by atoms with van der Waals surface area (Å²) in [6, 6.07) is 5.83. The zero-order valence-electron chi connectivity index (χ0n) is 10.9. The van der Waals surface area contributed by atoms with Crippen LogP contribution in [0.4, 0.5) is 4.39 Å². The van der Waals surface area contributed by atoms with Crippen LogP contribution in [0.1, 0.15) is 50.3 Å². The Kier molecular flexibility index (Phi) is 3.57. The van der Waals surface area contributed by atoms with Crippen LogP contribution in [0.2, 0.25) is 0 Å². The molecular formula is C15H21F. The first-order chi connectivity index (χ1) is 7.26. The Balaban J connectivity index is 3.21. The summed E-state index contributed by atoms with van der Waals surface area (Å²) in [5.74, 6) is 0.477. The summed E-state index contributed by atoms with van der Waals surface area (Å²) in [6.07, 6.45) is 0. The molecule has 1 aromatic rings. The van der Waals surface area contributed by atoms with Crippen LogP contribution in [0.25, 0.3) is 0 Å². The van der Waals surface area contributed by atoms with Crippen molar-refractivity contribution in [2.45, 2.75) is 46.2 Å². The number of alkyl halides is 1. The summed E-state index contributed by atoms with van der Waals surface area (Å²) in [5, 5.41) is 0. The van der Waals surface area contributed by atoms with Crippen LogP contribution in [0.5, 0.6) is 0 Å². The molecule has 0 saturated heterocycles. The van der Waals surface area contributed by atoms with E-state index >= 15 is 0 Å². The lowest BCUT2D eigenvalue weighted by atomic mass is 9.87. The van der Waals surface area contributed by atoms with E-state index in [2.05, 4.69) is 20.4 Å². The van der Waals surface area contributed by atoms with E-state index in [0.717, 1.165) is 5.56 Å². The molecule has 16 heavy (non-hydrogen) atoms. The third-order valence-electron chi connectivity index (χ3n) is 3.24. The predicted molar refractivity (Wildman–Crippen MR) is 68.5 cm³/mol. The highest BCUT2D eigenvalue weighted by Gasteiger charge is 2.27. The minimum Gasteiger partial charge on any atom is -0.234 e. The highest BCUT2D eigenvalue weighted by atomic mass is 19.1. The standard InChI is InChI=1S/C15H21F/c1-10(2)14-8-7-13(9-12(14)5)15(6,16)11(3)4/h7-10H,3H2,1-2,4-6H3. The van der Waals surface area contributed by atoms with E-state index in [9.17, 15) is 4.39 Å². The van der Waals surface area contributed by atoms with E-state index in [1.165, 1.54) is 5.56 Å². The maximum atomic E-state index is 14.4. The Bertz CT molecular complexity index is 400. The van der Waals surface area contributed by atoms with Gasteiger partial charge in [-0.15, -0.1) is 0 Å². The molecule has 0 aliphatic heterocycles. The second kappa shape index (κ2) is 4.40. The van der Waals surface area contributed by atoms with Gasteiger partial charge in [-0.2, -0.15) is 0 Å². The van der Waals surface area contributed by atoms with Gasteiger partial charge in [-0.1, -0.05) is 38.6 Å². The van der Waals surface area contributed by atoms with Gasteiger partial charge < -0.3 is 0 Å². The van der Waals surface area contributed by atoms with Gasteiger partial charge in [0, 0.05) is 0 Å². The molecule has 0 radical (unpaired) electrons. The van der Waals surface area contributed by atoms with Crippen molar-refractivity contribution in [1.29, 1.82) is 0 Å². The van der Waals surface area contributed by atoms with E-state index in [-0.39, 0.29) is 0 Å². The van der Waals surface area contributed by atoms with Gasteiger partial charge in [-0.25, -0.2) is 4.39 Å². The zero-order valence-corrected chi connectivity index (χ0v) is 10.9. The highest BCUT2D eigenvalue weighted by Crippen LogP contribution is 2.34. The Morgan fingerprint density at radius 2 is 1.94 bits per heavy atom. The van der Waals surface area contributed by atoms with Gasteiger partial charge >= 0.3 is 0 Å². The first kappa shape index (κ1) is 13.0. The molecule has 1 rings (SSSR count). The van der Waals surface area contributed by atoms with Crippen LogP contribution in [-0.2, 0) is 5.67 Å². The van der Waals surface area contributed by atoms with Crippen LogP contribution >= 0.6 is 0 Å². The molecule has 0 bridgehead atoms. The highest BCUT2D eigenvalue weighted by molar-refractivity contribution is 5.38. The lowest BCUT2D eigenvalue weighted by Crippen LogP contribution is -2.16. The Morgan fingerprint density at radius 3 is 2.31 bits per heavy atom. The maximum absolute atomic E-state index is 14.4. The third kappa shape index (κ3) is 2.34. The van der Waals surface area contributed by atoms with Crippen LogP contribution in [-0.4, -0.2) is 0 Å². The third-order valence-corrected chi connectivity index (χ3v) is 3.24. The molecule has 1 unspecified atom stereocenters. The average Bonchev–Trinajstić information content (AvgIpc) is 2.16. The molecule has 0 N–H and O–H groups in total. The molecule has 0 amide bonds. The van der Waals surface area contributed by atoms with E-state index in [1.807, 2.05) is 25.1 Å². The van der Waals surface area contributed by atoms with Gasteiger partial charge in [0.15, 0.2) is 5.67 Å². The molecule has 0 saturated carbocycles. The molecule has 0 fully saturated rings. The normalized spacial score (nSPS) is 14.9. The van der Waals surface area contributed by atoms with E-state index in [1.54, 1.807) is 13.8 Å². The topological polar surface area (TPSA) is 0 Å².